The SMILES string of the molecule is COC(=O)c1c[nH]c(=O)c2cc(-c3noc4ccc(C)cc34)sc12. The van der Waals surface area contributed by atoms with E-state index in [0.29, 0.717) is 26.9 Å². The van der Waals surface area contributed by atoms with Crippen molar-refractivity contribution < 1.29 is 14.1 Å². The second kappa shape index (κ2) is 5.31. The number of carbonyl (C=O) groups is 1. The molecule has 7 heteroatoms. The lowest BCUT2D eigenvalue weighted by atomic mass is 10.1. The number of aromatic nitrogens is 2. The fourth-order valence-corrected chi connectivity index (χ4v) is 3.80. The number of aromatic amines is 1. The number of hydrogen-bond donors (Lipinski definition) is 1. The Morgan fingerprint density at radius 3 is 2.92 bits per heavy atom. The Kier molecular flexibility index (Phi) is 3.24. The lowest BCUT2D eigenvalue weighted by molar-refractivity contribution is 0.0603. The van der Waals surface area contributed by atoms with Gasteiger partial charge in [-0.25, -0.2) is 4.79 Å². The fraction of sp³-hybridized carbons (Fsp3) is 0.118. The van der Waals surface area contributed by atoms with E-state index in [0.717, 1.165) is 15.8 Å². The van der Waals surface area contributed by atoms with Crippen molar-refractivity contribution in [2.45, 2.75) is 6.92 Å². The molecule has 0 fully saturated rings. The molecule has 3 aromatic heterocycles. The van der Waals surface area contributed by atoms with Gasteiger partial charge < -0.3 is 14.2 Å². The minimum atomic E-state index is -0.495. The largest absolute Gasteiger partial charge is 0.465 e. The molecule has 0 unspecified atom stereocenters. The first-order valence-corrected chi connectivity index (χ1v) is 8.00. The lowest BCUT2D eigenvalue weighted by Crippen LogP contribution is -2.09. The Balaban J connectivity index is 2.00. The van der Waals surface area contributed by atoms with Gasteiger partial charge in [0.15, 0.2) is 5.58 Å². The molecule has 0 radical (unpaired) electrons. The van der Waals surface area contributed by atoms with Crippen molar-refractivity contribution in [2.24, 2.45) is 0 Å². The maximum Gasteiger partial charge on any atom is 0.340 e. The van der Waals surface area contributed by atoms with Crippen LogP contribution < -0.4 is 5.56 Å². The van der Waals surface area contributed by atoms with Gasteiger partial charge in [0.05, 0.1) is 33.0 Å². The molecule has 0 saturated carbocycles. The summed E-state index contributed by atoms with van der Waals surface area (Å²) in [6.45, 7) is 1.99. The summed E-state index contributed by atoms with van der Waals surface area (Å²) in [6.07, 6.45) is 1.38. The molecule has 1 N–H and O–H groups in total. The second-order valence-electron chi connectivity index (χ2n) is 5.41. The van der Waals surface area contributed by atoms with Gasteiger partial charge in [-0.15, -0.1) is 11.3 Å². The zero-order valence-electron chi connectivity index (χ0n) is 12.9. The van der Waals surface area contributed by atoms with Gasteiger partial charge in [0.1, 0.15) is 5.69 Å². The molecule has 0 aliphatic rings. The van der Waals surface area contributed by atoms with E-state index < -0.39 is 5.97 Å². The van der Waals surface area contributed by atoms with Gasteiger partial charge in [-0.05, 0) is 25.1 Å². The second-order valence-corrected chi connectivity index (χ2v) is 6.46. The van der Waals surface area contributed by atoms with Crippen LogP contribution >= 0.6 is 11.3 Å². The minimum Gasteiger partial charge on any atom is -0.465 e. The molecule has 1 aromatic carbocycles. The number of methoxy groups -OCH3 is 1. The monoisotopic (exact) mass is 340 g/mol. The van der Waals surface area contributed by atoms with Crippen LogP contribution in [0, 0.1) is 6.92 Å². The van der Waals surface area contributed by atoms with E-state index in [1.807, 2.05) is 25.1 Å². The molecule has 0 saturated heterocycles. The number of thiophene rings is 1. The smallest absolute Gasteiger partial charge is 0.340 e. The molecule has 0 spiro atoms. The van der Waals surface area contributed by atoms with Gasteiger partial charge in [0.25, 0.3) is 5.56 Å². The molecule has 4 rings (SSSR count). The number of benzene rings is 1. The lowest BCUT2D eigenvalue weighted by Gasteiger charge is -1.99. The summed E-state index contributed by atoms with van der Waals surface area (Å²) in [6, 6.07) is 7.52. The Labute approximate surface area is 139 Å². The number of carbonyl (C=O) groups excluding carboxylic acids is 1. The topological polar surface area (TPSA) is 85.2 Å². The van der Waals surface area contributed by atoms with Crippen molar-refractivity contribution in [3.63, 3.8) is 0 Å². The number of ether oxygens (including phenoxy) is 1. The van der Waals surface area contributed by atoms with Gasteiger partial charge in [0, 0.05) is 6.20 Å². The Morgan fingerprint density at radius 1 is 1.29 bits per heavy atom. The van der Waals surface area contributed by atoms with Crippen LogP contribution in [0.15, 0.2) is 39.8 Å². The van der Waals surface area contributed by atoms with E-state index in [4.69, 9.17) is 9.26 Å². The van der Waals surface area contributed by atoms with Crippen molar-refractivity contribution >= 4 is 38.4 Å². The zero-order chi connectivity index (χ0) is 16.8. The predicted molar refractivity (Wildman–Crippen MR) is 91.5 cm³/mol. The highest BCUT2D eigenvalue weighted by atomic mass is 32.1. The molecule has 120 valence electrons. The van der Waals surface area contributed by atoms with Crippen LogP contribution in [0.1, 0.15) is 15.9 Å². The van der Waals surface area contributed by atoms with Crippen LogP contribution in [0.2, 0.25) is 0 Å². The van der Waals surface area contributed by atoms with E-state index in [-0.39, 0.29) is 5.56 Å². The van der Waals surface area contributed by atoms with Crippen LogP contribution in [0.3, 0.4) is 0 Å². The quantitative estimate of drug-likeness (QED) is 0.565. The summed E-state index contributed by atoms with van der Waals surface area (Å²) in [5.41, 5.74) is 2.48. The third-order valence-corrected chi connectivity index (χ3v) is 5.01. The van der Waals surface area contributed by atoms with E-state index >= 15 is 0 Å². The molecule has 0 bridgehead atoms. The van der Waals surface area contributed by atoms with Crippen LogP contribution in [0.5, 0.6) is 0 Å². The molecule has 6 nitrogen and oxygen atoms in total. The molecule has 0 aliphatic carbocycles. The van der Waals surface area contributed by atoms with E-state index in [2.05, 4.69) is 10.1 Å². The first kappa shape index (κ1) is 14.6. The average molecular weight is 340 g/mol. The maximum atomic E-state index is 12.1. The number of esters is 1. The Hall–Kier alpha value is -2.93. The maximum absolute atomic E-state index is 12.1. The summed E-state index contributed by atoms with van der Waals surface area (Å²) >= 11 is 1.32. The molecular weight excluding hydrogens is 328 g/mol. The number of rotatable bonds is 2. The van der Waals surface area contributed by atoms with E-state index in [1.165, 1.54) is 24.6 Å². The third kappa shape index (κ3) is 2.13. The molecule has 24 heavy (non-hydrogen) atoms. The third-order valence-electron chi connectivity index (χ3n) is 3.83. The van der Waals surface area contributed by atoms with Crippen molar-refractivity contribution in [3.05, 3.63) is 51.9 Å². The normalized spacial score (nSPS) is 11.2. The molecule has 3 heterocycles. The Morgan fingerprint density at radius 2 is 2.12 bits per heavy atom. The summed E-state index contributed by atoms with van der Waals surface area (Å²) in [7, 11) is 1.31. The van der Waals surface area contributed by atoms with E-state index in [1.54, 1.807) is 6.07 Å². The van der Waals surface area contributed by atoms with Crippen molar-refractivity contribution in [3.8, 4) is 10.6 Å². The highest BCUT2D eigenvalue weighted by Crippen LogP contribution is 2.37. The van der Waals surface area contributed by atoms with Crippen molar-refractivity contribution in [1.82, 2.24) is 10.1 Å². The van der Waals surface area contributed by atoms with Gasteiger partial charge in [-0.1, -0.05) is 16.8 Å². The fourth-order valence-electron chi connectivity index (χ4n) is 2.65. The van der Waals surface area contributed by atoms with Crippen LogP contribution in [-0.2, 0) is 4.74 Å². The Bertz CT molecular complexity index is 1150. The summed E-state index contributed by atoms with van der Waals surface area (Å²) in [5, 5.41) is 5.44. The number of nitrogens with one attached hydrogen (secondary N) is 1. The number of fused-ring (bicyclic) bond motifs is 2. The van der Waals surface area contributed by atoms with Crippen molar-refractivity contribution in [2.75, 3.05) is 7.11 Å². The van der Waals surface area contributed by atoms with Crippen LogP contribution in [0.4, 0.5) is 0 Å². The number of aryl methyl sites for hydroxylation is 1. The number of H-pyrrole nitrogens is 1. The summed E-state index contributed by atoms with van der Waals surface area (Å²) < 4.78 is 10.7. The van der Waals surface area contributed by atoms with Gasteiger partial charge in [-0.3, -0.25) is 4.79 Å². The number of hydrogen-bond acceptors (Lipinski definition) is 6. The summed E-state index contributed by atoms with van der Waals surface area (Å²) in [5.74, 6) is -0.495. The van der Waals surface area contributed by atoms with Gasteiger partial charge in [0.2, 0.25) is 0 Å². The minimum absolute atomic E-state index is 0.260. The molecule has 4 aromatic rings. The van der Waals surface area contributed by atoms with Crippen molar-refractivity contribution in [1.29, 1.82) is 0 Å². The summed E-state index contributed by atoms with van der Waals surface area (Å²) in [4.78, 5) is 27.3. The standard InChI is InChI=1S/C17H12N2O4S/c1-8-3-4-12-9(5-8)14(19-23-12)13-6-10-15(24-13)11(17(21)22-2)7-18-16(10)20/h3-7H,1-2H3,(H,18,20). The molecular formula is C17H12N2O4S. The number of nitrogens with zero attached hydrogens (tertiary/aromatic N) is 1. The molecule has 0 amide bonds. The first-order chi connectivity index (χ1) is 11.6. The van der Waals surface area contributed by atoms with Gasteiger partial charge >= 0.3 is 5.97 Å². The highest BCUT2D eigenvalue weighted by molar-refractivity contribution is 7.22. The highest BCUT2D eigenvalue weighted by Gasteiger charge is 2.19. The number of pyridine rings is 1. The van der Waals surface area contributed by atoms with Crippen LogP contribution in [0.25, 0.3) is 31.6 Å². The zero-order valence-corrected chi connectivity index (χ0v) is 13.7. The predicted octanol–water partition coefficient (Wildman–Crippen LogP) is 3.49. The average Bonchev–Trinajstić information content (AvgIpc) is 3.18. The molecule has 0 aliphatic heterocycles. The first-order valence-electron chi connectivity index (χ1n) is 7.18. The van der Waals surface area contributed by atoms with Crippen LogP contribution in [-0.4, -0.2) is 23.2 Å². The van der Waals surface area contributed by atoms with Gasteiger partial charge in [-0.2, -0.15) is 0 Å². The van der Waals surface area contributed by atoms with E-state index in [9.17, 15) is 9.59 Å². The molecule has 0 atom stereocenters.